The van der Waals surface area contributed by atoms with E-state index >= 15 is 0 Å². The Balaban J connectivity index is 2.07. The summed E-state index contributed by atoms with van der Waals surface area (Å²) >= 11 is 11.9. The molecule has 0 aliphatic rings. The fraction of sp³-hybridized carbons (Fsp3) is 0.0769. The standard InChI is InChI=1S/C13H10Cl2N4/c1-9-13(18-5-4-16-8-18)7-19(17-9)10-2-3-11(14)12(15)6-10/h2-8H,1H3. The van der Waals surface area contributed by atoms with Gasteiger partial charge in [0, 0.05) is 12.4 Å². The van der Waals surface area contributed by atoms with Crippen LogP contribution in [0.15, 0.2) is 43.1 Å². The Labute approximate surface area is 120 Å². The highest BCUT2D eigenvalue weighted by molar-refractivity contribution is 6.42. The smallest absolute Gasteiger partial charge is 0.0992 e. The second-order valence-corrected chi connectivity index (χ2v) is 4.93. The van der Waals surface area contributed by atoms with Gasteiger partial charge in [-0.2, -0.15) is 5.10 Å². The fourth-order valence-electron chi connectivity index (χ4n) is 1.87. The number of halogens is 2. The highest BCUT2D eigenvalue weighted by atomic mass is 35.5. The van der Waals surface area contributed by atoms with Gasteiger partial charge in [0.05, 0.1) is 39.6 Å². The lowest BCUT2D eigenvalue weighted by atomic mass is 10.3. The van der Waals surface area contributed by atoms with Gasteiger partial charge < -0.3 is 4.57 Å². The summed E-state index contributed by atoms with van der Waals surface area (Å²) < 4.78 is 3.68. The van der Waals surface area contributed by atoms with Crippen molar-refractivity contribution in [1.29, 1.82) is 0 Å². The summed E-state index contributed by atoms with van der Waals surface area (Å²) in [5, 5.41) is 5.52. The van der Waals surface area contributed by atoms with Crippen LogP contribution in [0.1, 0.15) is 5.69 Å². The van der Waals surface area contributed by atoms with Gasteiger partial charge in [-0.1, -0.05) is 23.2 Å². The van der Waals surface area contributed by atoms with E-state index in [1.54, 1.807) is 29.3 Å². The van der Waals surface area contributed by atoms with Crippen molar-refractivity contribution in [2.75, 3.05) is 0 Å². The number of aryl methyl sites for hydroxylation is 1. The SMILES string of the molecule is Cc1nn(-c2ccc(Cl)c(Cl)c2)cc1-n1ccnc1. The molecule has 0 bridgehead atoms. The molecule has 0 amide bonds. The summed E-state index contributed by atoms with van der Waals surface area (Å²) in [5.74, 6) is 0. The molecule has 0 atom stereocenters. The molecule has 0 saturated carbocycles. The van der Waals surface area contributed by atoms with Crippen LogP contribution in [-0.4, -0.2) is 19.3 Å². The molecular weight excluding hydrogens is 283 g/mol. The number of hydrogen-bond acceptors (Lipinski definition) is 2. The normalized spacial score (nSPS) is 10.9. The quantitative estimate of drug-likeness (QED) is 0.722. The maximum Gasteiger partial charge on any atom is 0.0992 e. The number of hydrogen-bond donors (Lipinski definition) is 0. The number of aromatic nitrogens is 4. The van der Waals surface area contributed by atoms with Gasteiger partial charge in [0.25, 0.3) is 0 Å². The molecule has 2 heterocycles. The Morgan fingerprint density at radius 2 is 2.00 bits per heavy atom. The zero-order valence-electron chi connectivity index (χ0n) is 10.1. The third-order valence-electron chi connectivity index (χ3n) is 2.82. The number of imidazole rings is 1. The van der Waals surface area contributed by atoms with E-state index in [9.17, 15) is 0 Å². The van der Waals surface area contributed by atoms with Crippen molar-refractivity contribution in [1.82, 2.24) is 19.3 Å². The highest BCUT2D eigenvalue weighted by Gasteiger charge is 2.09. The summed E-state index contributed by atoms with van der Waals surface area (Å²) in [6, 6.07) is 5.42. The summed E-state index contributed by atoms with van der Waals surface area (Å²) in [4.78, 5) is 4.03. The van der Waals surface area contributed by atoms with Gasteiger partial charge in [0.15, 0.2) is 0 Å². The van der Waals surface area contributed by atoms with E-state index in [1.165, 1.54) is 0 Å². The van der Waals surface area contributed by atoms with Crippen molar-refractivity contribution in [2.24, 2.45) is 0 Å². The third-order valence-corrected chi connectivity index (χ3v) is 3.56. The molecule has 0 aliphatic carbocycles. The molecule has 0 fully saturated rings. The topological polar surface area (TPSA) is 35.6 Å². The molecule has 19 heavy (non-hydrogen) atoms. The predicted octanol–water partition coefficient (Wildman–Crippen LogP) is 3.67. The minimum atomic E-state index is 0.511. The van der Waals surface area contributed by atoms with E-state index in [1.807, 2.05) is 30.0 Å². The van der Waals surface area contributed by atoms with Crippen LogP contribution in [0.5, 0.6) is 0 Å². The first kappa shape index (κ1) is 12.3. The Hall–Kier alpha value is -1.78. The minimum Gasteiger partial charge on any atom is -0.303 e. The van der Waals surface area contributed by atoms with Crippen LogP contribution in [0.3, 0.4) is 0 Å². The molecule has 2 aromatic heterocycles. The number of benzene rings is 1. The Kier molecular flexibility index (Phi) is 3.05. The second kappa shape index (κ2) is 4.72. The molecule has 0 unspecified atom stereocenters. The van der Waals surface area contributed by atoms with Gasteiger partial charge in [-0.05, 0) is 25.1 Å². The van der Waals surface area contributed by atoms with Gasteiger partial charge in [0.1, 0.15) is 0 Å². The molecule has 0 saturated heterocycles. The van der Waals surface area contributed by atoms with E-state index in [0.717, 1.165) is 17.1 Å². The van der Waals surface area contributed by atoms with Gasteiger partial charge in [-0.15, -0.1) is 0 Å². The van der Waals surface area contributed by atoms with Gasteiger partial charge in [-0.3, -0.25) is 0 Å². The molecule has 6 heteroatoms. The lowest BCUT2D eigenvalue weighted by Gasteiger charge is -2.02. The first-order chi connectivity index (χ1) is 9.15. The molecule has 0 radical (unpaired) electrons. The van der Waals surface area contributed by atoms with Crippen LogP contribution in [-0.2, 0) is 0 Å². The van der Waals surface area contributed by atoms with Crippen LogP contribution in [0.25, 0.3) is 11.4 Å². The van der Waals surface area contributed by atoms with Crippen LogP contribution < -0.4 is 0 Å². The largest absolute Gasteiger partial charge is 0.303 e. The van der Waals surface area contributed by atoms with Crippen molar-refractivity contribution >= 4 is 23.2 Å². The van der Waals surface area contributed by atoms with Crippen molar-refractivity contribution in [2.45, 2.75) is 6.92 Å². The maximum atomic E-state index is 6.02. The van der Waals surface area contributed by atoms with E-state index in [2.05, 4.69) is 10.1 Å². The van der Waals surface area contributed by atoms with Crippen LogP contribution in [0.2, 0.25) is 10.0 Å². The van der Waals surface area contributed by atoms with Crippen molar-refractivity contribution in [3.8, 4) is 11.4 Å². The monoisotopic (exact) mass is 292 g/mol. The summed E-state index contributed by atoms with van der Waals surface area (Å²) in [5.41, 5.74) is 2.75. The predicted molar refractivity (Wildman–Crippen MR) is 75.4 cm³/mol. The van der Waals surface area contributed by atoms with Crippen LogP contribution in [0, 0.1) is 6.92 Å². The molecule has 3 rings (SSSR count). The third kappa shape index (κ3) is 2.25. The summed E-state index contributed by atoms with van der Waals surface area (Å²) in [7, 11) is 0. The van der Waals surface area contributed by atoms with Crippen molar-refractivity contribution in [3.63, 3.8) is 0 Å². The molecular formula is C13H10Cl2N4. The van der Waals surface area contributed by atoms with Crippen LogP contribution >= 0.6 is 23.2 Å². The van der Waals surface area contributed by atoms with Crippen molar-refractivity contribution < 1.29 is 0 Å². The Morgan fingerprint density at radius 1 is 1.16 bits per heavy atom. The fourth-order valence-corrected chi connectivity index (χ4v) is 2.16. The first-order valence-electron chi connectivity index (χ1n) is 5.65. The molecule has 0 N–H and O–H groups in total. The summed E-state index contributed by atoms with van der Waals surface area (Å²) in [6.07, 6.45) is 7.28. The average molecular weight is 293 g/mol. The summed E-state index contributed by atoms with van der Waals surface area (Å²) in [6.45, 7) is 1.95. The second-order valence-electron chi connectivity index (χ2n) is 4.11. The lowest BCUT2D eigenvalue weighted by Crippen LogP contribution is -1.94. The number of rotatable bonds is 2. The zero-order valence-corrected chi connectivity index (χ0v) is 11.6. The van der Waals surface area contributed by atoms with E-state index in [-0.39, 0.29) is 0 Å². The minimum absolute atomic E-state index is 0.511. The average Bonchev–Trinajstić information content (AvgIpc) is 3.01. The maximum absolute atomic E-state index is 6.02. The van der Waals surface area contributed by atoms with Crippen molar-refractivity contribution in [3.05, 3.63) is 58.9 Å². The van der Waals surface area contributed by atoms with Crippen LogP contribution in [0.4, 0.5) is 0 Å². The lowest BCUT2D eigenvalue weighted by molar-refractivity contribution is 0.863. The van der Waals surface area contributed by atoms with Gasteiger partial charge in [-0.25, -0.2) is 9.67 Å². The zero-order chi connectivity index (χ0) is 13.4. The molecule has 3 aromatic rings. The molecule has 1 aromatic carbocycles. The molecule has 0 spiro atoms. The Bertz CT molecular complexity index is 716. The van der Waals surface area contributed by atoms with E-state index < -0.39 is 0 Å². The molecule has 0 aliphatic heterocycles. The molecule has 4 nitrogen and oxygen atoms in total. The highest BCUT2D eigenvalue weighted by Crippen LogP contribution is 2.25. The molecule has 96 valence electrons. The van der Waals surface area contributed by atoms with E-state index in [0.29, 0.717) is 10.0 Å². The number of nitrogens with zero attached hydrogens (tertiary/aromatic N) is 4. The first-order valence-corrected chi connectivity index (χ1v) is 6.41. The van der Waals surface area contributed by atoms with E-state index in [4.69, 9.17) is 23.2 Å². The van der Waals surface area contributed by atoms with Gasteiger partial charge >= 0.3 is 0 Å². The van der Waals surface area contributed by atoms with Gasteiger partial charge in [0.2, 0.25) is 0 Å². The Morgan fingerprint density at radius 3 is 2.68 bits per heavy atom.